The Morgan fingerprint density at radius 3 is 2.60 bits per heavy atom. The molecule has 0 aliphatic rings. The van der Waals surface area contributed by atoms with E-state index < -0.39 is 0 Å². The summed E-state index contributed by atoms with van der Waals surface area (Å²) in [5.74, 6) is 0. The molecule has 1 aromatic heterocycles. The summed E-state index contributed by atoms with van der Waals surface area (Å²) < 4.78 is 0. The third-order valence-electron chi connectivity index (χ3n) is 2.28. The fourth-order valence-corrected chi connectivity index (χ4v) is 2.46. The Bertz CT molecular complexity index is 436. The van der Waals surface area contributed by atoms with Crippen LogP contribution < -0.4 is 0 Å². The first-order chi connectivity index (χ1) is 7.29. The zero-order valence-corrected chi connectivity index (χ0v) is 9.42. The van der Waals surface area contributed by atoms with Crippen LogP contribution in [0.25, 0.3) is 0 Å². The fourth-order valence-electron chi connectivity index (χ4n) is 1.48. The number of aliphatic hydroxyl groups is 1. The molecule has 3 heteroatoms. The summed E-state index contributed by atoms with van der Waals surface area (Å²) in [5.41, 5.74) is 2.07. The molecule has 1 N–H and O–H groups in total. The van der Waals surface area contributed by atoms with E-state index in [1.54, 1.807) is 11.3 Å². The number of benzene rings is 1. The number of aryl methyl sites for hydroxylation is 1. The molecule has 0 aliphatic carbocycles. The molecular formula is C12H13NOS. The topological polar surface area (TPSA) is 33.1 Å². The molecule has 0 fully saturated rings. The summed E-state index contributed by atoms with van der Waals surface area (Å²) in [7, 11) is 0. The average Bonchev–Trinajstić information content (AvgIpc) is 2.60. The van der Waals surface area contributed by atoms with Crippen LogP contribution >= 0.6 is 11.3 Å². The van der Waals surface area contributed by atoms with E-state index in [1.165, 1.54) is 5.56 Å². The highest BCUT2D eigenvalue weighted by molar-refractivity contribution is 7.11. The van der Waals surface area contributed by atoms with Gasteiger partial charge in [-0.2, -0.15) is 0 Å². The second-order valence-corrected chi connectivity index (χ2v) is 4.72. The molecule has 0 unspecified atom stereocenters. The Hall–Kier alpha value is -1.19. The summed E-state index contributed by atoms with van der Waals surface area (Å²) in [4.78, 5) is 5.51. The van der Waals surface area contributed by atoms with Crippen molar-refractivity contribution in [2.45, 2.75) is 20.0 Å². The van der Waals surface area contributed by atoms with Crippen molar-refractivity contribution < 1.29 is 5.11 Å². The molecule has 0 bridgehead atoms. The lowest BCUT2D eigenvalue weighted by molar-refractivity contribution is 0.276. The molecule has 2 nitrogen and oxygen atoms in total. The van der Waals surface area contributed by atoms with Crippen molar-refractivity contribution in [3.8, 4) is 0 Å². The molecular weight excluding hydrogens is 206 g/mol. The van der Waals surface area contributed by atoms with Crippen LogP contribution in [-0.2, 0) is 13.0 Å². The van der Waals surface area contributed by atoms with Crippen molar-refractivity contribution in [2.24, 2.45) is 0 Å². The van der Waals surface area contributed by atoms with Crippen molar-refractivity contribution in [1.82, 2.24) is 4.98 Å². The summed E-state index contributed by atoms with van der Waals surface area (Å²) in [6.45, 7) is 2.04. The van der Waals surface area contributed by atoms with Crippen molar-refractivity contribution in [2.75, 3.05) is 0 Å². The zero-order chi connectivity index (χ0) is 10.7. The lowest BCUT2D eigenvalue weighted by Gasteiger charge is -1.95. The smallest absolute Gasteiger partial charge is 0.0975 e. The number of hydrogen-bond acceptors (Lipinski definition) is 3. The summed E-state index contributed by atoms with van der Waals surface area (Å²) >= 11 is 1.66. The van der Waals surface area contributed by atoms with E-state index in [0.717, 1.165) is 22.0 Å². The van der Waals surface area contributed by atoms with Gasteiger partial charge in [0, 0.05) is 11.3 Å². The number of aliphatic hydroxyl groups excluding tert-OH is 1. The second kappa shape index (κ2) is 4.55. The molecule has 1 heterocycles. The van der Waals surface area contributed by atoms with Crippen LogP contribution in [-0.4, -0.2) is 10.1 Å². The van der Waals surface area contributed by atoms with Crippen LogP contribution in [0.5, 0.6) is 0 Å². The van der Waals surface area contributed by atoms with Crippen LogP contribution in [0.3, 0.4) is 0 Å². The molecule has 0 spiro atoms. The van der Waals surface area contributed by atoms with Crippen molar-refractivity contribution >= 4 is 11.3 Å². The van der Waals surface area contributed by atoms with Crippen LogP contribution in [0.2, 0.25) is 0 Å². The largest absolute Gasteiger partial charge is 0.390 e. The van der Waals surface area contributed by atoms with Crippen molar-refractivity contribution in [1.29, 1.82) is 0 Å². The van der Waals surface area contributed by atoms with Gasteiger partial charge >= 0.3 is 0 Å². The minimum absolute atomic E-state index is 0.0388. The van der Waals surface area contributed by atoms with Gasteiger partial charge < -0.3 is 5.11 Å². The molecule has 0 aliphatic heterocycles. The SMILES string of the molecule is Cc1sc(Cc2ccccc2)nc1CO. The first-order valence-electron chi connectivity index (χ1n) is 4.89. The molecule has 2 rings (SSSR count). The highest BCUT2D eigenvalue weighted by Gasteiger charge is 2.06. The Labute approximate surface area is 93.2 Å². The highest BCUT2D eigenvalue weighted by Crippen LogP contribution is 2.20. The molecule has 0 saturated heterocycles. The molecule has 15 heavy (non-hydrogen) atoms. The normalized spacial score (nSPS) is 10.5. The highest BCUT2D eigenvalue weighted by atomic mass is 32.1. The fraction of sp³-hybridized carbons (Fsp3) is 0.250. The van der Waals surface area contributed by atoms with Crippen molar-refractivity contribution in [3.05, 3.63) is 51.5 Å². The summed E-state index contributed by atoms with van der Waals surface area (Å²) in [5, 5.41) is 10.1. The number of thiazole rings is 1. The van der Waals surface area contributed by atoms with Gasteiger partial charge in [0.2, 0.25) is 0 Å². The number of hydrogen-bond donors (Lipinski definition) is 1. The Morgan fingerprint density at radius 2 is 2.00 bits per heavy atom. The zero-order valence-electron chi connectivity index (χ0n) is 8.60. The van der Waals surface area contributed by atoms with Gasteiger partial charge in [-0.15, -0.1) is 11.3 Å². The van der Waals surface area contributed by atoms with Gasteiger partial charge in [-0.05, 0) is 12.5 Å². The predicted molar refractivity (Wildman–Crippen MR) is 62.0 cm³/mol. The molecule has 78 valence electrons. The van der Waals surface area contributed by atoms with Crippen LogP contribution in [0, 0.1) is 6.92 Å². The molecule has 2 aromatic rings. The van der Waals surface area contributed by atoms with Crippen LogP contribution in [0.1, 0.15) is 21.1 Å². The maximum atomic E-state index is 9.04. The molecule has 0 atom stereocenters. The third-order valence-corrected chi connectivity index (χ3v) is 3.30. The first-order valence-corrected chi connectivity index (χ1v) is 5.71. The van der Waals surface area contributed by atoms with Gasteiger partial charge in [0.15, 0.2) is 0 Å². The first kappa shape index (κ1) is 10.3. The lowest BCUT2D eigenvalue weighted by atomic mass is 10.2. The Kier molecular flexibility index (Phi) is 3.14. The average molecular weight is 219 g/mol. The number of nitrogens with zero attached hydrogens (tertiary/aromatic N) is 1. The van der Waals surface area contributed by atoms with E-state index in [-0.39, 0.29) is 6.61 Å². The minimum atomic E-state index is 0.0388. The van der Waals surface area contributed by atoms with E-state index in [1.807, 2.05) is 25.1 Å². The monoisotopic (exact) mass is 219 g/mol. The van der Waals surface area contributed by atoms with Crippen molar-refractivity contribution in [3.63, 3.8) is 0 Å². The quantitative estimate of drug-likeness (QED) is 0.860. The minimum Gasteiger partial charge on any atom is -0.390 e. The van der Waals surface area contributed by atoms with E-state index in [9.17, 15) is 0 Å². The molecule has 0 amide bonds. The Morgan fingerprint density at radius 1 is 1.27 bits per heavy atom. The van der Waals surface area contributed by atoms with Crippen LogP contribution in [0.15, 0.2) is 30.3 Å². The standard InChI is InChI=1S/C12H13NOS/c1-9-11(8-14)13-12(15-9)7-10-5-3-2-4-6-10/h2-6,14H,7-8H2,1H3. The van der Waals surface area contributed by atoms with E-state index >= 15 is 0 Å². The predicted octanol–water partition coefficient (Wildman–Crippen LogP) is 2.53. The van der Waals surface area contributed by atoms with E-state index in [4.69, 9.17) is 5.11 Å². The second-order valence-electron chi connectivity index (χ2n) is 3.43. The molecule has 0 saturated carbocycles. The molecule has 1 aromatic carbocycles. The number of rotatable bonds is 3. The van der Waals surface area contributed by atoms with E-state index in [2.05, 4.69) is 17.1 Å². The van der Waals surface area contributed by atoms with Crippen LogP contribution in [0.4, 0.5) is 0 Å². The van der Waals surface area contributed by atoms with Gasteiger partial charge in [-0.1, -0.05) is 30.3 Å². The van der Waals surface area contributed by atoms with Gasteiger partial charge in [-0.3, -0.25) is 0 Å². The lowest BCUT2D eigenvalue weighted by Crippen LogP contribution is -1.89. The van der Waals surface area contributed by atoms with Gasteiger partial charge in [0.25, 0.3) is 0 Å². The van der Waals surface area contributed by atoms with Gasteiger partial charge in [0.1, 0.15) is 0 Å². The summed E-state index contributed by atoms with van der Waals surface area (Å²) in [6, 6.07) is 10.3. The Balaban J connectivity index is 2.18. The van der Waals surface area contributed by atoms with E-state index in [0.29, 0.717) is 0 Å². The maximum absolute atomic E-state index is 9.04. The summed E-state index contributed by atoms with van der Waals surface area (Å²) in [6.07, 6.45) is 0.854. The molecule has 0 radical (unpaired) electrons. The van der Waals surface area contributed by atoms with Gasteiger partial charge in [0.05, 0.1) is 17.3 Å². The maximum Gasteiger partial charge on any atom is 0.0975 e. The van der Waals surface area contributed by atoms with Gasteiger partial charge in [-0.25, -0.2) is 4.98 Å². The third kappa shape index (κ3) is 2.43. The number of aromatic nitrogens is 1.